The van der Waals surface area contributed by atoms with Gasteiger partial charge in [0.2, 0.25) is 0 Å². The van der Waals surface area contributed by atoms with Gasteiger partial charge in [0.15, 0.2) is 0 Å². The lowest BCUT2D eigenvalue weighted by Gasteiger charge is -2.31. The largest absolute Gasteiger partial charge is 0.507 e. The third-order valence-corrected chi connectivity index (χ3v) is 5.08. The van der Waals surface area contributed by atoms with Gasteiger partial charge in [0.25, 0.3) is 0 Å². The first-order valence-corrected chi connectivity index (χ1v) is 8.94. The van der Waals surface area contributed by atoms with Crippen molar-refractivity contribution in [2.75, 3.05) is 32.1 Å². The fourth-order valence-electron chi connectivity index (χ4n) is 3.79. The summed E-state index contributed by atoms with van der Waals surface area (Å²) in [5.74, 6) is 1.20. The summed E-state index contributed by atoms with van der Waals surface area (Å²) in [7, 11) is 2.16. The van der Waals surface area contributed by atoms with Gasteiger partial charge in [-0.15, -0.1) is 0 Å². The van der Waals surface area contributed by atoms with E-state index in [0.29, 0.717) is 12.4 Å². The van der Waals surface area contributed by atoms with Crippen LogP contribution >= 0.6 is 0 Å². The van der Waals surface area contributed by atoms with Crippen molar-refractivity contribution in [2.24, 2.45) is 0 Å². The molecule has 1 fully saturated rings. The van der Waals surface area contributed by atoms with E-state index in [4.69, 9.17) is 4.74 Å². The number of piperidine rings is 1. The molecule has 2 aliphatic heterocycles. The van der Waals surface area contributed by atoms with E-state index >= 15 is 0 Å². The second-order valence-corrected chi connectivity index (χ2v) is 6.75. The Labute approximate surface area is 148 Å². The topological polar surface area (TPSA) is 44.7 Å². The average Bonchev–Trinajstić information content (AvgIpc) is 2.61. The van der Waals surface area contributed by atoms with Gasteiger partial charge in [-0.1, -0.05) is 11.6 Å². The first-order chi connectivity index (χ1) is 12.2. The second-order valence-electron chi connectivity index (χ2n) is 6.75. The highest BCUT2D eigenvalue weighted by Gasteiger charge is 2.27. The zero-order chi connectivity index (χ0) is 17.4. The molecule has 0 unspecified atom stereocenters. The van der Waals surface area contributed by atoms with Gasteiger partial charge in [-0.05, 0) is 56.7 Å². The Hall–Kier alpha value is -2.46. The molecule has 0 bridgehead atoms. The number of phenolic OH excluding ortho intramolecular Hbond substituents is 1. The van der Waals surface area contributed by atoms with Gasteiger partial charge in [0.05, 0.1) is 18.0 Å². The minimum atomic E-state index is 0.339. The van der Waals surface area contributed by atoms with E-state index in [-0.39, 0.29) is 0 Å². The molecule has 4 heteroatoms. The van der Waals surface area contributed by atoms with Crippen molar-refractivity contribution in [2.45, 2.75) is 19.8 Å². The van der Waals surface area contributed by atoms with Gasteiger partial charge in [-0.2, -0.15) is 0 Å². The first kappa shape index (κ1) is 16.0. The molecule has 2 aliphatic rings. The molecule has 0 aliphatic carbocycles. The smallest absolute Gasteiger partial charge is 0.125 e. The van der Waals surface area contributed by atoms with Crippen LogP contribution in [0.2, 0.25) is 0 Å². The highest BCUT2D eigenvalue weighted by Crippen LogP contribution is 2.48. The van der Waals surface area contributed by atoms with Gasteiger partial charge in [-0.3, -0.25) is 0 Å². The quantitative estimate of drug-likeness (QED) is 0.729. The van der Waals surface area contributed by atoms with Crippen molar-refractivity contribution in [1.29, 1.82) is 0 Å². The molecular formula is C21H24N2O2. The van der Waals surface area contributed by atoms with Crippen LogP contribution in [0.1, 0.15) is 30.9 Å². The van der Waals surface area contributed by atoms with Crippen molar-refractivity contribution in [3.05, 3.63) is 53.1 Å². The lowest BCUT2D eigenvalue weighted by atomic mass is 9.84. The molecule has 130 valence electrons. The number of ether oxygens (including phenoxy) is 1. The number of likely N-dealkylation sites (tertiary alicyclic amines) is 1. The van der Waals surface area contributed by atoms with E-state index in [0.717, 1.165) is 54.2 Å². The molecule has 0 aromatic heterocycles. The van der Waals surface area contributed by atoms with Crippen LogP contribution in [0.25, 0.3) is 5.57 Å². The Kier molecular flexibility index (Phi) is 4.14. The van der Waals surface area contributed by atoms with E-state index in [1.54, 1.807) is 6.07 Å². The third kappa shape index (κ3) is 2.87. The standard InChI is InChI=1S/C21H24N2O2/c1-3-25-15-7-8-16-18(13-15)22-17-5-4-6-19(24)21(17)20(16)14-9-11-23(2)12-10-14/h4-8,13,22,24H,3,9-12H2,1-2H3. The molecule has 2 aromatic rings. The molecule has 4 nitrogen and oxygen atoms in total. The summed E-state index contributed by atoms with van der Waals surface area (Å²) < 4.78 is 5.67. The summed E-state index contributed by atoms with van der Waals surface area (Å²) in [5.41, 5.74) is 6.70. The monoisotopic (exact) mass is 336 g/mol. The Balaban J connectivity index is 1.89. The molecule has 0 saturated carbocycles. The summed E-state index contributed by atoms with van der Waals surface area (Å²) in [4.78, 5) is 2.36. The molecule has 25 heavy (non-hydrogen) atoms. The number of hydrogen-bond donors (Lipinski definition) is 2. The Morgan fingerprint density at radius 3 is 2.68 bits per heavy atom. The molecule has 0 amide bonds. The molecular weight excluding hydrogens is 312 g/mol. The van der Waals surface area contributed by atoms with E-state index < -0.39 is 0 Å². The number of phenols is 1. The predicted molar refractivity (Wildman–Crippen MR) is 102 cm³/mol. The normalized spacial score (nSPS) is 16.9. The van der Waals surface area contributed by atoms with Crippen LogP contribution in [0.5, 0.6) is 11.5 Å². The lowest BCUT2D eigenvalue weighted by molar-refractivity contribution is 0.313. The van der Waals surface area contributed by atoms with Crippen LogP contribution in [-0.4, -0.2) is 36.8 Å². The van der Waals surface area contributed by atoms with Crippen LogP contribution in [0.15, 0.2) is 42.0 Å². The van der Waals surface area contributed by atoms with Crippen molar-refractivity contribution in [3.8, 4) is 11.5 Å². The molecule has 0 radical (unpaired) electrons. The van der Waals surface area contributed by atoms with E-state index in [9.17, 15) is 5.11 Å². The summed E-state index contributed by atoms with van der Waals surface area (Å²) in [6.07, 6.45) is 2.07. The number of anilines is 2. The molecule has 2 N–H and O–H groups in total. The maximum absolute atomic E-state index is 10.6. The fraction of sp³-hybridized carbons (Fsp3) is 0.333. The number of hydrogen-bond acceptors (Lipinski definition) is 4. The van der Waals surface area contributed by atoms with Crippen molar-refractivity contribution >= 4 is 16.9 Å². The zero-order valence-corrected chi connectivity index (χ0v) is 14.8. The fourth-order valence-corrected chi connectivity index (χ4v) is 3.79. The molecule has 1 saturated heterocycles. The number of nitrogens with zero attached hydrogens (tertiary/aromatic N) is 1. The number of benzene rings is 2. The number of fused-ring (bicyclic) bond motifs is 2. The number of aromatic hydroxyl groups is 1. The van der Waals surface area contributed by atoms with Gasteiger partial charge in [0.1, 0.15) is 11.5 Å². The molecule has 0 atom stereocenters. The van der Waals surface area contributed by atoms with Crippen LogP contribution in [0, 0.1) is 0 Å². The van der Waals surface area contributed by atoms with E-state index in [1.807, 2.05) is 25.1 Å². The van der Waals surface area contributed by atoms with Crippen molar-refractivity contribution in [1.82, 2.24) is 4.90 Å². The highest BCUT2D eigenvalue weighted by molar-refractivity contribution is 6.00. The first-order valence-electron chi connectivity index (χ1n) is 8.94. The summed E-state index contributed by atoms with van der Waals surface area (Å²) >= 11 is 0. The summed E-state index contributed by atoms with van der Waals surface area (Å²) in [6.45, 7) is 4.76. The molecule has 4 rings (SSSR count). The van der Waals surface area contributed by atoms with Crippen LogP contribution in [-0.2, 0) is 0 Å². The SMILES string of the molecule is CCOc1ccc2c(c1)Nc1cccc(O)c1C2=C1CCN(C)CC1. The zero-order valence-electron chi connectivity index (χ0n) is 14.8. The van der Waals surface area contributed by atoms with Crippen molar-refractivity contribution < 1.29 is 9.84 Å². The Morgan fingerprint density at radius 2 is 1.92 bits per heavy atom. The molecule has 2 heterocycles. The minimum Gasteiger partial charge on any atom is -0.507 e. The summed E-state index contributed by atoms with van der Waals surface area (Å²) in [5, 5.41) is 14.0. The highest BCUT2D eigenvalue weighted by atomic mass is 16.5. The van der Waals surface area contributed by atoms with Gasteiger partial charge >= 0.3 is 0 Å². The summed E-state index contributed by atoms with van der Waals surface area (Å²) in [6, 6.07) is 11.9. The van der Waals surface area contributed by atoms with Crippen molar-refractivity contribution in [3.63, 3.8) is 0 Å². The second kappa shape index (κ2) is 6.45. The minimum absolute atomic E-state index is 0.339. The Bertz CT molecular complexity index is 832. The lowest BCUT2D eigenvalue weighted by Crippen LogP contribution is -2.27. The Morgan fingerprint density at radius 1 is 1.12 bits per heavy atom. The van der Waals surface area contributed by atoms with Crippen LogP contribution in [0.4, 0.5) is 11.4 Å². The maximum atomic E-state index is 10.6. The van der Waals surface area contributed by atoms with Gasteiger partial charge in [-0.25, -0.2) is 0 Å². The maximum Gasteiger partial charge on any atom is 0.125 e. The van der Waals surface area contributed by atoms with Gasteiger partial charge < -0.3 is 20.1 Å². The molecule has 0 spiro atoms. The van der Waals surface area contributed by atoms with Crippen LogP contribution in [0.3, 0.4) is 0 Å². The third-order valence-electron chi connectivity index (χ3n) is 5.08. The average molecular weight is 336 g/mol. The van der Waals surface area contributed by atoms with E-state index in [2.05, 4.69) is 29.4 Å². The van der Waals surface area contributed by atoms with Gasteiger partial charge in [0, 0.05) is 30.3 Å². The number of rotatable bonds is 2. The van der Waals surface area contributed by atoms with Crippen LogP contribution < -0.4 is 10.1 Å². The number of nitrogens with one attached hydrogen (secondary N) is 1. The molecule has 2 aromatic carbocycles. The predicted octanol–water partition coefficient (Wildman–Crippen LogP) is 4.38. The van der Waals surface area contributed by atoms with E-state index in [1.165, 1.54) is 11.1 Å².